The van der Waals surface area contributed by atoms with Gasteiger partial charge >= 0.3 is 12.4 Å². The number of ether oxygens (including phenoxy) is 2. The number of alkyl halides is 6. The van der Waals surface area contributed by atoms with Gasteiger partial charge in [0.15, 0.2) is 0 Å². The second-order valence-electron chi connectivity index (χ2n) is 11.9. The molecule has 1 atom stereocenters. The molecule has 7 nitrogen and oxygen atoms in total. The van der Waals surface area contributed by atoms with Crippen LogP contribution in [0.1, 0.15) is 83.5 Å². The van der Waals surface area contributed by atoms with Crippen molar-refractivity contribution in [1.82, 2.24) is 10.6 Å². The van der Waals surface area contributed by atoms with E-state index in [2.05, 4.69) is 10.6 Å². The molecular weight excluding hydrogens is 534 g/mol. The first-order valence-electron chi connectivity index (χ1n) is 13.9. The molecule has 13 heteroatoms. The van der Waals surface area contributed by atoms with Crippen molar-refractivity contribution in [3.63, 3.8) is 0 Å². The number of halogens is 6. The molecule has 2 bridgehead atoms. The van der Waals surface area contributed by atoms with Gasteiger partial charge in [0.2, 0.25) is 11.8 Å². The lowest BCUT2D eigenvalue weighted by molar-refractivity contribution is -0.188. The van der Waals surface area contributed by atoms with E-state index in [9.17, 15) is 41.0 Å². The Morgan fingerprint density at radius 1 is 0.692 bits per heavy atom. The number of rotatable bonds is 8. The van der Waals surface area contributed by atoms with Gasteiger partial charge in [-0.2, -0.15) is 26.3 Å². The molecule has 0 unspecified atom stereocenters. The highest BCUT2D eigenvalue weighted by Crippen LogP contribution is 2.47. The number of amides is 2. The van der Waals surface area contributed by atoms with Crippen LogP contribution in [0.4, 0.5) is 26.3 Å². The topological polar surface area (TPSA) is 96.9 Å². The molecule has 3 N–H and O–H groups in total. The summed E-state index contributed by atoms with van der Waals surface area (Å²) >= 11 is 0. The van der Waals surface area contributed by atoms with Crippen molar-refractivity contribution < 1.29 is 50.5 Å². The van der Waals surface area contributed by atoms with Crippen LogP contribution in [-0.2, 0) is 19.1 Å². The zero-order valence-corrected chi connectivity index (χ0v) is 21.8. The molecule has 224 valence electrons. The highest BCUT2D eigenvalue weighted by Gasteiger charge is 2.55. The van der Waals surface area contributed by atoms with Crippen LogP contribution < -0.4 is 10.6 Å². The Labute approximate surface area is 223 Å². The maximum Gasteiger partial charge on any atom is 0.391 e. The van der Waals surface area contributed by atoms with Crippen molar-refractivity contribution in [2.24, 2.45) is 11.8 Å². The first kappa shape index (κ1) is 30.4. The fraction of sp³-hybridized carbons (Fsp3) is 0.923. The quantitative estimate of drug-likeness (QED) is 0.377. The van der Waals surface area contributed by atoms with E-state index in [0.29, 0.717) is 25.7 Å². The SMILES string of the molecule is O=C(COC1CCC(C(F)(F)F)CC1)NC12CCC(NC(=O)COC3CCC(C(F)(F)F)CC3)(CC1)[C@@H](O)C2. The summed E-state index contributed by atoms with van der Waals surface area (Å²) in [6.07, 6.45) is -7.04. The van der Waals surface area contributed by atoms with E-state index in [0.717, 1.165) is 0 Å². The van der Waals surface area contributed by atoms with Crippen molar-refractivity contribution in [1.29, 1.82) is 0 Å². The van der Waals surface area contributed by atoms with Crippen molar-refractivity contribution in [2.45, 2.75) is 125 Å². The van der Waals surface area contributed by atoms with Gasteiger partial charge in [0.1, 0.15) is 13.2 Å². The largest absolute Gasteiger partial charge is 0.391 e. The lowest BCUT2D eigenvalue weighted by Crippen LogP contribution is -2.70. The Balaban J connectivity index is 1.17. The van der Waals surface area contributed by atoms with Gasteiger partial charge in [-0.1, -0.05) is 0 Å². The van der Waals surface area contributed by atoms with E-state index in [-0.39, 0.29) is 83.0 Å². The van der Waals surface area contributed by atoms with Crippen molar-refractivity contribution in [3.05, 3.63) is 0 Å². The minimum Gasteiger partial charge on any atom is -0.391 e. The lowest BCUT2D eigenvalue weighted by Gasteiger charge is -2.56. The first-order valence-corrected chi connectivity index (χ1v) is 13.9. The number of hydrogen-bond donors (Lipinski definition) is 3. The second-order valence-corrected chi connectivity index (χ2v) is 11.9. The number of hydrogen-bond acceptors (Lipinski definition) is 5. The molecule has 5 saturated carbocycles. The summed E-state index contributed by atoms with van der Waals surface area (Å²) in [6, 6.07) is 0. The summed E-state index contributed by atoms with van der Waals surface area (Å²) in [5, 5.41) is 16.7. The summed E-state index contributed by atoms with van der Waals surface area (Å²) in [4.78, 5) is 25.2. The third-order valence-electron chi connectivity index (χ3n) is 9.29. The Morgan fingerprint density at radius 2 is 1.10 bits per heavy atom. The molecule has 39 heavy (non-hydrogen) atoms. The minimum absolute atomic E-state index is 0.00998. The number of fused-ring (bicyclic) bond motifs is 3. The monoisotopic (exact) mass is 572 g/mol. The number of nitrogens with one attached hydrogen (secondary N) is 2. The first-order chi connectivity index (χ1) is 18.2. The zero-order chi connectivity index (χ0) is 28.5. The number of carbonyl (C=O) groups excluding carboxylic acids is 2. The summed E-state index contributed by atoms with van der Waals surface area (Å²) < 4.78 is 88.1. The second kappa shape index (κ2) is 11.7. The fourth-order valence-electron chi connectivity index (χ4n) is 6.81. The molecule has 0 aliphatic heterocycles. The minimum atomic E-state index is -4.21. The molecule has 5 aliphatic rings. The predicted molar refractivity (Wildman–Crippen MR) is 126 cm³/mol. The van der Waals surface area contributed by atoms with E-state index in [4.69, 9.17) is 9.47 Å². The van der Waals surface area contributed by atoms with Crippen LogP contribution in [0.5, 0.6) is 0 Å². The van der Waals surface area contributed by atoms with Crippen LogP contribution in [0.2, 0.25) is 0 Å². The molecular formula is C26H38F6N2O5. The number of aliphatic hydroxyl groups excluding tert-OH is 1. The Kier molecular flexibility index (Phi) is 9.12. The van der Waals surface area contributed by atoms with E-state index in [1.165, 1.54) is 0 Å². The van der Waals surface area contributed by atoms with Crippen LogP contribution in [0.25, 0.3) is 0 Å². The van der Waals surface area contributed by atoms with E-state index >= 15 is 0 Å². The van der Waals surface area contributed by atoms with Gasteiger partial charge in [-0.15, -0.1) is 0 Å². The van der Waals surface area contributed by atoms with Crippen LogP contribution in [0.3, 0.4) is 0 Å². The van der Waals surface area contributed by atoms with Crippen LogP contribution in [0.15, 0.2) is 0 Å². The highest BCUT2D eigenvalue weighted by molar-refractivity contribution is 5.79. The summed E-state index contributed by atoms with van der Waals surface area (Å²) in [5.41, 5.74) is -1.50. The molecule has 0 aromatic carbocycles. The highest BCUT2D eigenvalue weighted by atomic mass is 19.4. The van der Waals surface area contributed by atoms with Gasteiger partial charge in [0.05, 0.1) is 35.7 Å². The molecule has 0 radical (unpaired) electrons. The summed E-state index contributed by atoms with van der Waals surface area (Å²) in [7, 11) is 0. The van der Waals surface area contributed by atoms with E-state index in [1.807, 2.05) is 0 Å². The third-order valence-corrected chi connectivity index (χ3v) is 9.29. The van der Waals surface area contributed by atoms with Crippen LogP contribution >= 0.6 is 0 Å². The fourth-order valence-corrected chi connectivity index (χ4v) is 6.81. The molecule has 0 aromatic heterocycles. The summed E-state index contributed by atoms with van der Waals surface area (Å²) in [5.74, 6) is -3.46. The molecule has 0 heterocycles. The molecule has 0 saturated heterocycles. The van der Waals surface area contributed by atoms with Gasteiger partial charge in [-0.3, -0.25) is 9.59 Å². The Bertz CT molecular complexity index is 858. The molecule has 0 spiro atoms. The molecule has 5 fully saturated rings. The van der Waals surface area contributed by atoms with Gasteiger partial charge < -0.3 is 25.2 Å². The smallest absolute Gasteiger partial charge is 0.391 e. The number of aliphatic hydroxyl groups is 1. The normalized spacial score (nSPS) is 37.4. The Hall–Kier alpha value is -1.60. The van der Waals surface area contributed by atoms with Crippen molar-refractivity contribution in [3.8, 4) is 0 Å². The zero-order valence-electron chi connectivity index (χ0n) is 21.8. The molecule has 5 rings (SSSR count). The standard InChI is InChI=1S/C26H38F6N2O5/c27-25(28,29)16-1-5-18(6-2-16)38-14-21(36)33-23-9-11-24(12-10-23,20(35)13-23)34-22(37)15-39-19-7-3-17(4-8-19)26(30,31)32/h16-20,35H,1-15H2,(H,33,36)(H,34,37)/t16?,17?,18?,19?,20-,23?,24?/m0/s1. The van der Waals surface area contributed by atoms with E-state index in [1.54, 1.807) is 0 Å². The molecule has 0 aromatic rings. The average molecular weight is 573 g/mol. The van der Waals surface area contributed by atoms with Crippen LogP contribution in [0, 0.1) is 11.8 Å². The molecule has 2 amide bonds. The Morgan fingerprint density at radius 3 is 1.49 bits per heavy atom. The van der Waals surface area contributed by atoms with Crippen molar-refractivity contribution in [2.75, 3.05) is 13.2 Å². The number of carbonyl (C=O) groups is 2. The predicted octanol–water partition coefficient (Wildman–Crippen LogP) is 4.31. The summed E-state index contributed by atoms with van der Waals surface area (Å²) in [6.45, 7) is -0.552. The van der Waals surface area contributed by atoms with Gasteiger partial charge in [-0.05, 0) is 83.5 Å². The van der Waals surface area contributed by atoms with Gasteiger partial charge in [-0.25, -0.2) is 0 Å². The van der Waals surface area contributed by atoms with Crippen LogP contribution in [-0.4, -0.2) is 71.9 Å². The van der Waals surface area contributed by atoms with Crippen molar-refractivity contribution >= 4 is 11.8 Å². The maximum atomic E-state index is 12.8. The third kappa shape index (κ3) is 7.58. The molecule has 5 aliphatic carbocycles. The van der Waals surface area contributed by atoms with E-state index < -0.39 is 53.4 Å². The van der Waals surface area contributed by atoms with Gasteiger partial charge in [0, 0.05) is 5.54 Å². The average Bonchev–Trinajstić information content (AvgIpc) is 2.87. The lowest BCUT2D eigenvalue weighted by atomic mass is 9.60. The maximum absolute atomic E-state index is 12.8. The van der Waals surface area contributed by atoms with Gasteiger partial charge in [0.25, 0.3) is 0 Å².